The Kier molecular flexibility index (Phi) is 11.3. The van der Waals surface area contributed by atoms with Gasteiger partial charge in [0.2, 0.25) is 0 Å². The molecule has 2 unspecified atom stereocenters. The highest BCUT2D eigenvalue weighted by atomic mass is 19.4. The van der Waals surface area contributed by atoms with Gasteiger partial charge in [-0.15, -0.1) is 0 Å². The lowest BCUT2D eigenvalue weighted by atomic mass is 9.37. The van der Waals surface area contributed by atoms with Crippen LogP contribution in [0.5, 0.6) is 0 Å². The van der Waals surface area contributed by atoms with Crippen molar-refractivity contribution in [3.63, 3.8) is 0 Å². The van der Waals surface area contributed by atoms with Crippen molar-refractivity contribution in [2.24, 2.45) is 0 Å². The fourth-order valence-electron chi connectivity index (χ4n) is 9.93. The summed E-state index contributed by atoms with van der Waals surface area (Å²) in [6, 6.07) is 0. The van der Waals surface area contributed by atoms with Crippen LogP contribution in [0.15, 0.2) is 0 Å². The zero-order valence-corrected chi connectivity index (χ0v) is 32.5. The highest BCUT2D eigenvalue weighted by Crippen LogP contribution is 2.92. The van der Waals surface area contributed by atoms with Crippen LogP contribution in [0.2, 0.25) is 0 Å². The molecule has 0 aliphatic heterocycles. The lowest BCUT2D eigenvalue weighted by molar-refractivity contribution is -0.614. The van der Waals surface area contributed by atoms with Gasteiger partial charge in [-0.2, -0.15) is 105 Å². The zero-order valence-electron chi connectivity index (χ0n) is 32.5. The SMILES string of the molecule is OC(COCCCOCC(O)COC(F)(F)C1(F)C2(F)C(F)(F)C3(F)C(F)(F)C(F)(C2(F)F)C(F)(F)C1(F)C3(F)F)COC(F)(F)C1(F)C2(F)C(F)(F)C3(F)C(F)(F)C(F)(C2(F)F)C(F)(F)C1(F)C3(F)F. The minimum Gasteiger partial charge on any atom is -0.388 e. The van der Waals surface area contributed by atoms with Crippen LogP contribution in [-0.4, -0.2) is 190 Å². The van der Waals surface area contributed by atoms with E-state index in [1.165, 1.54) is 0 Å². The van der Waals surface area contributed by atoms with E-state index in [2.05, 4.69) is 18.9 Å². The van der Waals surface area contributed by atoms with E-state index in [9.17, 15) is 116 Å². The number of aliphatic hydroxyl groups excluding tert-OH is 2. The van der Waals surface area contributed by atoms with E-state index in [-0.39, 0.29) is 0 Å². The molecule has 2 atom stereocenters. The highest BCUT2D eigenvalue weighted by Gasteiger charge is 3.26. The predicted molar refractivity (Wildman–Crippen MR) is 148 cm³/mol. The topological polar surface area (TPSA) is 77.4 Å². The van der Waals surface area contributed by atoms with Crippen LogP contribution in [0.3, 0.4) is 0 Å². The molecule has 8 bridgehead atoms. The fraction of sp³-hybridized carbons (Fsp3) is 1.00. The molecular formula is C31H18F34O6. The Balaban J connectivity index is 1.08. The van der Waals surface area contributed by atoms with Gasteiger partial charge >= 0.3 is 94.1 Å². The van der Waals surface area contributed by atoms with Crippen molar-refractivity contribution in [2.75, 3.05) is 39.6 Å². The van der Waals surface area contributed by atoms with Gasteiger partial charge < -0.3 is 29.2 Å². The predicted octanol–water partition coefficient (Wildman–Crippen LogP) is 8.87. The summed E-state index contributed by atoms with van der Waals surface area (Å²) in [6.45, 7) is -11.4. The Morgan fingerprint density at radius 2 is 0.451 bits per heavy atom. The molecule has 0 aromatic rings. The summed E-state index contributed by atoms with van der Waals surface area (Å²) in [4.78, 5) is 0. The Morgan fingerprint density at radius 3 is 0.634 bits per heavy atom. The molecule has 6 nitrogen and oxygen atoms in total. The second-order valence-electron chi connectivity index (χ2n) is 16.8. The summed E-state index contributed by atoms with van der Waals surface area (Å²) in [6.07, 6.45) is -22.7. The first-order chi connectivity index (χ1) is 31.0. The van der Waals surface area contributed by atoms with Crippen LogP contribution in [0, 0.1) is 0 Å². The number of alkyl halides is 34. The smallest absolute Gasteiger partial charge is 0.388 e. The quantitative estimate of drug-likeness (QED) is 0.119. The second kappa shape index (κ2) is 13.9. The summed E-state index contributed by atoms with van der Waals surface area (Å²) in [7, 11) is 0. The second-order valence-corrected chi connectivity index (χ2v) is 16.8. The van der Waals surface area contributed by atoms with Gasteiger partial charge in [-0.05, 0) is 6.42 Å². The monoisotopic (exact) mass is 1130 g/mol. The van der Waals surface area contributed by atoms with Crippen LogP contribution in [-0.2, 0) is 18.9 Å². The maximum atomic E-state index is 15.9. The number of rotatable bonds is 16. The number of ether oxygens (including phenoxy) is 4. The van der Waals surface area contributed by atoms with Gasteiger partial charge in [0.25, 0.3) is 34.0 Å². The maximum Gasteiger partial charge on any atom is 0.397 e. The third-order valence-electron chi connectivity index (χ3n) is 13.5. The lowest BCUT2D eigenvalue weighted by Crippen LogP contribution is -3.10. The van der Waals surface area contributed by atoms with Gasteiger partial charge in [0.15, 0.2) is 0 Å². The van der Waals surface area contributed by atoms with E-state index in [1.54, 1.807) is 0 Å². The summed E-state index contributed by atoms with van der Waals surface area (Å²) < 4.78 is 523. The number of hydrogen-bond donors (Lipinski definition) is 2. The average Bonchev–Trinajstić information content (AvgIpc) is 3.23. The lowest BCUT2D eigenvalue weighted by Gasteiger charge is -2.75. The summed E-state index contributed by atoms with van der Waals surface area (Å²) in [5.74, 6) is -85.0. The Morgan fingerprint density at radius 1 is 0.282 bits per heavy atom. The van der Waals surface area contributed by atoms with Gasteiger partial charge in [0, 0.05) is 13.2 Å². The molecule has 71 heavy (non-hydrogen) atoms. The van der Waals surface area contributed by atoms with Crippen LogP contribution in [0.25, 0.3) is 0 Å². The third kappa shape index (κ3) is 4.49. The molecule has 0 amide bonds. The molecular weight excluding hydrogens is 1110 g/mol. The average molecular weight is 1130 g/mol. The van der Waals surface area contributed by atoms with Crippen molar-refractivity contribution >= 4 is 0 Å². The van der Waals surface area contributed by atoms with Crippen molar-refractivity contribution < 1.29 is 178 Å². The van der Waals surface area contributed by atoms with Gasteiger partial charge in [0.05, 0.1) is 26.4 Å². The first-order valence-electron chi connectivity index (χ1n) is 18.2. The molecule has 0 aromatic heterocycles. The molecule has 0 heterocycles. The Hall–Kier alpha value is -2.62. The highest BCUT2D eigenvalue weighted by molar-refractivity contribution is 5.58. The molecule has 0 aromatic carbocycles. The van der Waals surface area contributed by atoms with Crippen LogP contribution in [0.4, 0.5) is 149 Å². The molecule has 8 rings (SSSR count). The fourth-order valence-corrected chi connectivity index (χ4v) is 9.93. The van der Waals surface area contributed by atoms with Crippen LogP contribution >= 0.6 is 0 Å². The molecule has 8 fully saturated rings. The molecule has 0 radical (unpaired) electrons. The maximum absolute atomic E-state index is 15.9. The van der Waals surface area contributed by atoms with Crippen molar-refractivity contribution in [1.29, 1.82) is 0 Å². The minimum absolute atomic E-state index is 0.887. The van der Waals surface area contributed by atoms with Crippen molar-refractivity contribution in [1.82, 2.24) is 0 Å². The van der Waals surface area contributed by atoms with Crippen molar-refractivity contribution in [2.45, 2.75) is 147 Å². The Bertz CT molecular complexity index is 1860. The van der Waals surface area contributed by atoms with Gasteiger partial charge in [0.1, 0.15) is 12.2 Å². The minimum atomic E-state index is -8.55. The third-order valence-corrected chi connectivity index (χ3v) is 13.5. The van der Waals surface area contributed by atoms with Crippen LogP contribution in [0.1, 0.15) is 6.42 Å². The molecule has 40 heteroatoms. The number of halogens is 34. The normalized spacial score (nSPS) is 46.8. The Labute approximate surface area is 365 Å². The molecule has 8 aliphatic rings. The van der Waals surface area contributed by atoms with E-state index >= 15 is 43.9 Å². The van der Waals surface area contributed by atoms with Gasteiger partial charge in [-0.25, -0.2) is 43.9 Å². The molecule has 416 valence electrons. The van der Waals surface area contributed by atoms with E-state index in [4.69, 9.17) is 0 Å². The molecule has 0 saturated heterocycles. The molecule has 8 saturated carbocycles. The van der Waals surface area contributed by atoms with Gasteiger partial charge in [-0.1, -0.05) is 0 Å². The standard InChI is InChI=1S/C31H18F34O6/c32-10(12(34)20(42,43)16(38)22(46,47)13(10,35)23(48,49)17(39,21(12,44)45)28(16,58)59)30(62,63)70-6-8(66)4-68-2-1-3-69-5-9(67)7-71-31(64,65)11(33)14(36)24(50,51)18(40)26(54,55)15(11,37)27(56,57)19(41,25(14,52)53)29(18,60)61/h8-9,66-67H,1-7H2. The van der Waals surface area contributed by atoms with Crippen molar-refractivity contribution in [3.05, 3.63) is 0 Å². The van der Waals surface area contributed by atoms with E-state index in [1.807, 2.05) is 0 Å². The largest absolute Gasteiger partial charge is 0.397 e. The van der Waals surface area contributed by atoms with Crippen LogP contribution < -0.4 is 0 Å². The van der Waals surface area contributed by atoms with E-state index in [0.29, 0.717) is 0 Å². The number of hydrogen-bond acceptors (Lipinski definition) is 6. The molecule has 0 spiro atoms. The summed E-state index contributed by atoms with van der Waals surface area (Å²) >= 11 is 0. The summed E-state index contributed by atoms with van der Waals surface area (Å²) in [5.41, 5.74) is -84.6. The zero-order chi connectivity index (χ0) is 55.9. The van der Waals surface area contributed by atoms with Gasteiger partial charge in [-0.3, -0.25) is 0 Å². The molecule has 8 aliphatic carbocycles. The first-order valence-corrected chi connectivity index (χ1v) is 18.2. The number of aliphatic hydroxyl groups is 2. The molecule has 2 N–H and O–H groups in total. The van der Waals surface area contributed by atoms with E-state index in [0.717, 1.165) is 0 Å². The van der Waals surface area contributed by atoms with E-state index < -0.39 is 186 Å². The first kappa shape index (κ1) is 57.7. The van der Waals surface area contributed by atoms with Crippen molar-refractivity contribution in [3.8, 4) is 0 Å². The summed E-state index contributed by atoms with van der Waals surface area (Å²) in [5, 5.41) is 19.3.